The highest BCUT2D eigenvalue weighted by Crippen LogP contribution is 2.25. The molecule has 1 atom stereocenters. The fourth-order valence-electron chi connectivity index (χ4n) is 3.93. The number of rotatable bonds is 5. The number of β-amino-alcohol motifs (C(OH)–C–C–N with tert-alkyl or cyclic N) is 1. The van der Waals surface area contributed by atoms with Crippen molar-refractivity contribution in [2.45, 2.75) is 25.0 Å². The molecular formula is C28H26N4O2. The van der Waals surface area contributed by atoms with E-state index in [9.17, 15) is 5.11 Å². The van der Waals surface area contributed by atoms with Crippen LogP contribution in [-0.4, -0.2) is 33.8 Å². The third kappa shape index (κ3) is 5.34. The highest BCUT2D eigenvalue weighted by Gasteiger charge is 2.26. The van der Waals surface area contributed by atoms with Gasteiger partial charge in [-0.05, 0) is 67.4 Å². The van der Waals surface area contributed by atoms with Crippen LogP contribution in [0.25, 0.3) is 10.9 Å². The van der Waals surface area contributed by atoms with Gasteiger partial charge in [0.05, 0.1) is 5.52 Å². The van der Waals surface area contributed by atoms with E-state index in [0.29, 0.717) is 25.4 Å². The number of benzene rings is 3. The van der Waals surface area contributed by atoms with Gasteiger partial charge in [-0.2, -0.15) is 0 Å². The van der Waals surface area contributed by atoms with E-state index in [1.165, 1.54) is 0 Å². The van der Waals surface area contributed by atoms with Crippen molar-refractivity contribution in [1.29, 1.82) is 0 Å². The number of hydrogen-bond donors (Lipinski definition) is 3. The summed E-state index contributed by atoms with van der Waals surface area (Å²) >= 11 is 0. The summed E-state index contributed by atoms with van der Waals surface area (Å²) in [6.07, 6.45) is 3.15. The average Bonchev–Trinajstić information content (AvgIpc) is 2.88. The molecule has 1 aromatic heterocycles. The number of aliphatic hydroxyl groups is 1. The number of nitrogens with zero attached hydrogens (tertiary/aromatic N) is 2. The minimum atomic E-state index is -0.980. The van der Waals surface area contributed by atoms with Crippen LogP contribution in [0, 0.1) is 11.8 Å². The second-order valence-electron chi connectivity index (χ2n) is 8.44. The topological polar surface area (TPSA) is 79.3 Å². The Hall–Kier alpha value is -3.92. The van der Waals surface area contributed by atoms with Gasteiger partial charge in [-0.3, -0.25) is 0 Å². The Kier molecular flexibility index (Phi) is 6.39. The van der Waals surface area contributed by atoms with Crippen molar-refractivity contribution in [2.24, 2.45) is 0 Å². The number of ether oxygens (including phenoxy) is 1. The minimum Gasteiger partial charge on any atom is -0.489 e. The van der Waals surface area contributed by atoms with E-state index in [1.54, 1.807) is 6.33 Å². The zero-order chi connectivity index (χ0) is 23.2. The molecule has 1 saturated heterocycles. The SMILES string of the molecule is OC1(C#Cc2ccc3ncnc(Nc4ccc(OCc5ccccc5)cc4)c3c2)CCCNC1. The molecule has 1 fully saturated rings. The van der Waals surface area contributed by atoms with Crippen molar-refractivity contribution >= 4 is 22.4 Å². The Morgan fingerprint density at radius 2 is 1.88 bits per heavy atom. The van der Waals surface area contributed by atoms with E-state index in [1.807, 2.05) is 72.8 Å². The van der Waals surface area contributed by atoms with Gasteiger partial charge >= 0.3 is 0 Å². The molecule has 1 aliphatic heterocycles. The van der Waals surface area contributed by atoms with E-state index in [-0.39, 0.29) is 0 Å². The molecule has 34 heavy (non-hydrogen) atoms. The fourth-order valence-corrected chi connectivity index (χ4v) is 3.93. The zero-order valence-corrected chi connectivity index (χ0v) is 18.8. The zero-order valence-electron chi connectivity index (χ0n) is 18.8. The van der Waals surface area contributed by atoms with Gasteiger partial charge in [0.2, 0.25) is 0 Å². The van der Waals surface area contributed by atoms with Gasteiger partial charge in [-0.1, -0.05) is 42.2 Å². The molecule has 6 heteroatoms. The Morgan fingerprint density at radius 1 is 1.03 bits per heavy atom. The van der Waals surface area contributed by atoms with Crippen LogP contribution in [-0.2, 0) is 6.61 Å². The lowest BCUT2D eigenvalue weighted by Crippen LogP contribution is -2.44. The molecule has 3 aromatic carbocycles. The standard InChI is InChI=1S/C28H26N4O2/c33-28(14-4-16-29-19-28)15-13-21-7-12-26-25(17-21)27(31-20-30-26)32-23-8-10-24(11-9-23)34-18-22-5-2-1-3-6-22/h1-3,5-12,17,20,29,33H,4,14,16,18-19H2,(H,30,31,32). The quantitative estimate of drug-likeness (QED) is 0.391. The van der Waals surface area contributed by atoms with Crippen LogP contribution >= 0.6 is 0 Å². The summed E-state index contributed by atoms with van der Waals surface area (Å²) in [5, 5.41) is 18.1. The molecule has 0 bridgehead atoms. The predicted octanol–water partition coefficient (Wildman–Crippen LogP) is 4.42. The number of nitrogens with one attached hydrogen (secondary N) is 2. The summed E-state index contributed by atoms with van der Waals surface area (Å²) in [4.78, 5) is 8.82. The van der Waals surface area contributed by atoms with Crippen molar-refractivity contribution in [2.75, 3.05) is 18.4 Å². The normalized spacial score (nSPS) is 17.6. The van der Waals surface area contributed by atoms with Gasteiger partial charge < -0.3 is 20.5 Å². The average molecular weight is 451 g/mol. The molecule has 0 saturated carbocycles. The van der Waals surface area contributed by atoms with Crippen molar-refractivity contribution in [3.05, 3.63) is 90.3 Å². The van der Waals surface area contributed by atoms with Crippen LogP contribution in [0.1, 0.15) is 24.0 Å². The molecule has 0 spiro atoms. The molecule has 5 rings (SSSR count). The molecule has 0 aliphatic carbocycles. The monoisotopic (exact) mass is 450 g/mol. The summed E-state index contributed by atoms with van der Waals surface area (Å²) in [6.45, 7) is 1.94. The maximum atomic E-state index is 10.6. The first-order valence-electron chi connectivity index (χ1n) is 11.4. The number of piperidine rings is 1. The molecule has 170 valence electrons. The highest BCUT2D eigenvalue weighted by atomic mass is 16.5. The Morgan fingerprint density at radius 3 is 2.68 bits per heavy atom. The van der Waals surface area contributed by atoms with E-state index in [0.717, 1.165) is 46.4 Å². The van der Waals surface area contributed by atoms with Crippen molar-refractivity contribution in [3.63, 3.8) is 0 Å². The summed E-state index contributed by atoms with van der Waals surface area (Å²) in [6, 6.07) is 23.7. The van der Waals surface area contributed by atoms with E-state index in [4.69, 9.17) is 4.74 Å². The van der Waals surface area contributed by atoms with Crippen molar-refractivity contribution in [3.8, 4) is 17.6 Å². The number of hydrogen-bond acceptors (Lipinski definition) is 6. The molecule has 1 unspecified atom stereocenters. The molecule has 0 amide bonds. The van der Waals surface area contributed by atoms with Crippen LogP contribution in [0.4, 0.5) is 11.5 Å². The van der Waals surface area contributed by atoms with Gasteiger partial charge in [-0.15, -0.1) is 0 Å². The maximum absolute atomic E-state index is 10.6. The van der Waals surface area contributed by atoms with Crippen LogP contribution in [0.5, 0.6) is 5.75 Å². The Bertz CT molecular complexity index is 1320. The van der Waals surface area contributed by atoms with E-state index < -0.39 is 5.60 Å². The first-order chi connectivity index (χ1) is 16.7. The van der Waals surface area contributed by atoms with Crippen molar-refractivity contribution in [1.82, 2.24) is 15.3 Å². The molecule has 3 N–H and O–H groups in total. The molecule has 6 nitrogen and oxygen atoms in total. The van der Waals surface area contributed by atoms with Crippen LogP contribution < -0.4 is 15.4 Å². The number of fused-ring (bicyclic) bond motifs is 1. The summed E-state index contributed by atoms with van der Waals surface area (Å²) in [7, 11) is 0. The summed E-state index contributed by atoms with van der Waals surface area (Å²) < 4.78 is 5.87. The van der Waals surface area contributed by atoms with Gasteiger partial charge in [0.1, 0.15) is 30.1 Å². The van der Waals surface area contributed by atoms with Gasteiger partial charge in [0.25, 0.3) is 0 Å². The van der Waals surface area contributed by atoms with Gasteiger partial charge in [0.15, 0.2) is 0 Å². The number of aromatic nitrogens is 2. The number of anilines is 2. The van der Waals surface area contributed by atoms with Crippen LogP contribution in [0.3, 0.4) is 0 Å². The lowest BCUT2D eigenvalue weighted by atomic mass is 9.94. The Balaban J connectivity index is 1.32. The molecular weight excluding hydrogens is 424 g/mol. The molecule has 2 heterocycles. The third-order valence-electron chi connectivity index (χ3n) is 5.80. The van der Waals surface area contributed by atoms with E-state index >= 15 is 0 Å². The first-order valence-corrected chi connectivity index (χ1v) is 11.4. The third-order valence-corrected chi connectivity index (χ3v) is 5.80. The molecule has 1 aliphatic rings. The fraction of sp³-hybridized carbons (Fsp3) is 0.214. The van der Waals surface area contributed by atoms with Gasteiger partial charge in [0, 0.05) is 23.2 Å². The van der Waals surface area contributed by atoms with Crippen molar-refractivity contribution < 1.29 is 9.84 Å². The van der Waals surface area contributed by atoms with E-state index in [2.05, 4.69) is 32.4 Å². The molecule has 4 aromatic rings. The second kappa shape index (κ2) is 9.92. The van der Waals surface area contributed by atoms with Crippen LogP contribution in [0.15, 0.2) is 79.1 Å². The largest absolute Gasteiger partial charge is 0.489 e. The lowest BCUT2D eigenvalue weighted by molar-refractivity contribution is 0.0736. The maximum Gasteiger partial charge on any atom is 0.141 e. The Labute approximate surface area is 199 Å². The second-order valence-corrected chi connectivity index (χ2v) is 8.44. The smallest absolute Gasteiger partial charge is 0.141 e. The first kappa shape index (κ1) is 21.9. The minimum absolute atomic E-state index is 0.495. The highest BCUT2D eigenvalue weighted by molar-refractivity contribution is 5.91. The predicted molar refractivity (Wildman–Crippen MR) is 134 cm³/mol. The summed E-state index contributed by atoms with van der Waals surface area (Å²) in [5.74, 6) is 7.68. The summed E-state index contributed by atoms with van der Waals surface area (Å²) in [5.41, 5.74) is 2.68. The van der Waals surface area contributed by atoms with Crippen LogP contribution in [0.2, 0.25) is 0 Å². The molecule has 0 radical (unpaired) electrons. The van der Waals surface area contributed by atoms with Gasteiger partial charge in [-0.25, -0.2) is 9.97 Å². The lowest BCUT2D eigenvalue weighted by Gasteiger charge is -2.27.